The molecule has 0 radical (unpaired) electrons. The molecule has 1 aromatic heterocycles. The van der Waals surface area contributed by atoms with Crippen LogP contribution in [0.4, 0.5) is 5.69 Å². The first-order valence-electron chi connectivity index (χ1n) is 8.80. The molecule has 3 rings (SSSR count). The number of amides is 1. The van der Waals surface area contributed by atoms with Crippen LogP contribution in [0.1, 0.15) is 44.2 Å². The third-order valence-corrected chi connectivity index (χ3v) is 5.47. The molecule has 1 aliphatic heterocycles. The van der Waals surface area contributed by atoms with E-state index >= 15 is 0 Å². The molecule has 0 aromatic carbocycles. The molecule has 1 saturated heterocycles. The maximum atomic E-state index is 12.7. The zero-order valence-electron chi connectivity index (χ0n) is 14.5. The minimum atomic E-state index is -0.237. The zero-order valence-corrected chi connectivity index (χ0v) is 14.5. The van der Waals surface area contributed by atoms with E-state index in [1.165, 1.54) is 12.8 Å². The summed E-state index contributed by atoms with van der Waals surface area (Å²) in [4.78, 5) is 20.7. The fourth-order valence-electron chi connectivity index (χ4n) is 3.55. The molecule has 1 saturated carbocycles. The van der Waals surface area contributed by atoms with Crippen LogP contribution in [0, 0.1) is 17.2 Å². The van der Waals surface area contributed by atoms with Crippen LogP contribution in [-0.2, 0) is 4.79 Å². The molecular weight excluding hydrogens is 302 g/mol. The summed E-state index contributed by atoms with van der Waals surface area (Å²) in [7, 11) is 1.72. The van der Waals surface area contributed by atoms with Gasteiger partial charge in [0.2, 0.25) is 5.91 Å². The Morgan fingerprint density at radius 1 is 1.29 bits per heavy atom. The number of carbonyl (C=O) groups excluding carboxylic acids is 1. The van der Waals surface area contributed by atoms with Gasteiger partial charge in [-0.25, -0.2) is 0 Å². The van der Waals surface area contributed by atoms with E-state index in [-0.39, 0.29) is 17.8 Å². The molecule has 0 spiro atoms. The van der Waals surface area contributed by atoms with Crippen LogP contribution in [-0.4, -0.2) is 41.9 Å². The quantitative estimate of drug-likeness (QED) is 0.655. The summed E-state index contributed by atoms with van der Waals surface area (Å²) in [5.74, 6) is 1.67. The molecule has 130 valence electrons. The zero-order chi connectivity index (χ0) is 17.3. The van der Waals surface area contributed by atoms with Crippen molar-refractivity contribution in [2.24, 2.45) is 17.6 Å². The van der Waals surface area contributed by atoms with Gasteiger partial charge in [0.25, 0.3) is 0 Å². The lowest BCUT2D eigenvalue weighted by Crippen LogP contribution is -2.41. The predicted molar refractivity (Wildman–Crippen MR) is 95.0 cm³/mol. The highest BCUT2D eigenvalue weighted by Crippen LogP contribution is 2.42. The van der Waals surface area contributed by atoms with Crippen LogP contribution < -0.4 is 10.6 Å². The molecule has 2 heterocycles. The minimum Gasteiger partial charge on any atom is -0.370 e. The van der Waals surface area contributed by atoms with Gasteiger partial charge in [0.15, 0.2) is 5.96 Å². The molecular formula is C18H27N5O. The van der Waals surface area contributed by atoms with Gasteiger partial charge in [-0.2, -0.15) is 0 Å². The van der Waals surface area contributed by atoms with Gasteiger partial charge < -0.3 is 15.5 Å². The standard InChI is InChI=1S/C18H27N5O/c1-12(16-6-5-15(11-21-16)22(2)18(19)20)17(24)23-9-7-14(8-10-23)13-3-4-13/h5-6,11-14H,3-4,7-10H2,1-2H3,(H3,19,20). The van der Waals surface area contributed by atoms with Crippen molar-refractivity contribution in [3.63, 3.8) is 0 Å². The number of hydrogen-bond acceptors (Lipinski definition) is 3. The van der Waals surface area contributed by atoms with Crippen LogP contribution in [0.5, 0.6) is 0 Å². The maximum absolute atomic E-state index is 12.7. The topological polar surface area (TPSA) is 86.3 Å². The molecule has 24 heavy (non-hydrogen) atoms. The Morgan fingerprint density at radius 2 is 1.92 bits per heavy atom. The second kappa shape index (κ2) is 6.79. The van der Waals surface area contributed by atoms with Gasteiger partial charge >= 0.3 is 0 Å². The van der Waals surface area contributed by atoms with Gasteiger partial charge in [-0.1, -0.05) is 0 Å². The van der Waals surface area contributed by atoms with E-state index in [1.807, 2.05) is 24.0 Å². The third kappa shape index (κ3) is 3.52. The number of anilines is 1. The van der Waals surface area contributed by atoms with Crippen molar-refractivity contribution in [2.75, 3.05) is 25.0 Å². The first kappa shape index (κ1) is 16.7. The monoisotopic (exact) mass is 329 g/mol. The molecule has 1 aliphatic carbocycles. The van der Waals surface area contributed by atoms with Crippen molar-refractivity contribution >= 4 is 17.6 Å². The van der Waals surface area contributed by atoms with Crippen LogP contribution in [0.3, 0.4) is 0 Å². The predicted octanol–water partition coefficient (Wildman–Crippen LogP) is 2.16. The highest BCUT2D eigenvalue weighted by molar-refractivity contribution is 5.91. The van der Waals surface area contributed by atoms with Gasteiger partial charge in [0, 0.05) is 20.1 Å². The van der Waals surface area contributed by atoms with Crippen LogP contribution in [0.2, 0.25) is 0 Å². The van der Waals surface area contributed by atoms with Crippen LogP contribution in [0.15, 0.2) is 18.3 Å². The number of nitrogens with zero attached hydrogens (tertiary/aromatic N) is 3. The van der Waals surface area contributed by atoms with E-state index in [4.69, 9.17) is 11.1 Å². The largest absolute Gasteiger partial charge is 0.370 e. The lowest BCUT2D eigenvalue weighted by molar-refractivity contribution is -0.134. The van der Waals surface area contributed by atoms with Crippen molar-refractivity contribution < 1.29 is 4.79 Å². The average Bonchev–Trinajstić information content (AvgIpc) is 3.45. The summed E-state index contributed by atoms with van der Waals surface area (Å²) in [6.45, 7) is 3.69. The number of carbonyl (C=O) groups is 1. The number of nitrogens with two attached hydrogens (primary N) is 1. The van der Waals surface area contributed by atoms with Crippen LogP contribution in [0.25, 0.3) is 0 Å². The van der Waals surface area contributed by atoms with Crippen molar-refractivity contribution in [3.05, 3.63) is 24.0 Å². The summed E-state index contributed by atoms with van der Waals surface area (Å²) in [5.41, 5.74) is 6.98. The number of aromatic nitrogens is 1. The summed E-state index contributed by atoms with van der Waals surface area (Å²) >= 11 is 0. The van der Waals surface area contributed by atoms with Crippen LogP contribution >= 0.6 is 0 Å². The number of nitrogens with one attached hydrogen (secondary N) is 1. The second-order valence-electron chi connectivity index (χ2n) is 7.11. The van der Waals surface area contributed by atoms with Gasteiger partial charge in [-0.15, -0.1) is 0 Å². The lowest BCUT2D eigenvalue weighted by Gasteiger charge is -2.33. The fourth-order valence-corrected chi connectivity index (χ4v) is 3.55. The average molecular weight is 329 g/mol. The Labute approximate surface area is 143 Å². The number of pyridine rings is 1. The smallest absolute Gasteiger partial charge is 0.231 e. The van der Waals surface area contributed by atoms with E-state index in [0.29, 0.717) is 0 Å². The van der Waals surface area contributed by atoms with E-state index in [2.05, 4.69) is 4.98 Å². The number of hydrogen-bond donors (Lipinski definition) is 2. The lowest BCUT2D eigenvalue weighted by atomic mass is 9.91. The van der Waals surface area contributed by atoms with Gasteiger partial charge in [0.05, 0.1) is 23.5 Å². The second-order valence-corrected chi connectivity index (χ2v) is 7.11. The molecule has 1 amide bonds. The molecule has 1 aromatic rings. The maximum Gasteiger partial charge on any atom is 0.231 e. The van der Waals surface area contributed by atoms with E-state index in [9.17, 15) is 4.79 Å². The van der Waals surface area contributed by atoms with Crippen molar-refractivity contribution in [1.29, 1.82) is 5.41 Å². The molecule has 3 N–H and O–H groups in total. The molecule has 2 aliphatic rings. The molecule has 6 nitrogen and oxygen atoms in total. The normalized spacial score (nSPS) is 19.8. The first-order chi connectivity index (χ1) is 11.5. The Kier molecular flexibility index (Phi) is 4.73. The SMILES string of the molecule is CC(C(=O)N1CCC(C2CC2)CC1)c1ccc(N(C)C(=N)N)cn1. The Hall–Kier alpha value is -2.11. The summed E-state index contributed by atoms with van der Waals surface area (Å²) in [6, 6.07) is 3.71. The first-order valence-corrected chi connectivity index (χ1v) is 8.80. The van der Waals surface area contributed by atoms with Gasteiger partial charge in [-0.05, 0) is 56.6 Å². The third-order valence-electron chi connectivity index (χ3n) is 5.47. The fraction of sp³-hybridized carbons (Fsp3) is 0.611. The highest BCUT2D eigenvalue weighted by atomic mass is 16.2. The molecule has 0 bridgehead atoms. The summed E-state index contributed by atoms with van der Waals surface area (Å²) in [6.07, 6.45) is 6.75. The van der Waals surface area contributed by atoms with Gasteiger partial charge in [0.1, 0.15) is 0 Å². The minimum absolute atomic E-state index is 0.0350. The Balaban J connectivity index is 1.60. The van der Waals surface area contributed by atoms with Crippen molar-refractivity contribution in [3.8, 4) is 0 Å². The number of piperidine rings is 1. The molecule has 2 fully saturated rings. The van der Waals surface area contributed by atoms with E-state index < -0.39 is 0 Å². The summed E-state index contributed by atoms with van der Waals surface area (Å²) < 4.78 is 0. The van der Waals surface area contributed by atoms with Crippen molar-refractivity contribution in [1.82, 2.24) is 9.88 Å². The molecule has 6 heteroatoms. The van der Waals surface area contributed by atoms with Gasteiger partial charge in [-0.3, -0.25) is 15.2 Å². The number of rotatable bonds is 4. The molecule has 1 unspecified atom stereocenters. The number of guanidine groups is 1. The Bertz CT molecular complexity index is 602. The summed E-state index contributed by atoms with van der Waals surface area (Å²) in [5, 5.41) is 7.44. The Morgan fingerprint density at radius 3 is 2.42 bits per heavy atom. The van der Waals surface area contributed by atoms with E-state index in [1.54, 1.807) is 18.1 Å². The highest BCUT2D eigenvalue weighted by Gasteiger charge is 2.35. The number of likely N-dealkylation sites (tertiary alicyclic amines) is 1. The molecule has 1 atom stereocenters. The van der Waals surface area contributed by atoms with E-state index in [0.717, 1.165) is 49.1 Å². The van der Waals surface area contributed by atoms with Crippen molar-refractivity contribution in [2.45, 2.75) is 38.5 Å².